The Balaban J connectivity index is 2.41. The van der Waals surface area contributed by atoms with E-state index in [-0.39, 0.29) is 12.2 Å². The van der Waals surface area contributed by atoms with Crippen LogP contribution >= 0.6 is 0 Å². The molecule has 104 valence electrons. The fourth-order valence-corrected chi connectivity index (χ4v) is 1.17. The number of rotatable bonds is 3. The van der Waals surface area contributed by atoms with Crippen molar-refractivity contribution >= 4 is 17.7 Å². The van der Waals surface area contributed by atoms with Crippen LogP contribution in [-0.4, -0.2) is 29.1 Å². The van der Waals surface area contributed by atoms with Gasteiger partial charge in [-0.15, -0.1) is 0 Å². The van der Waals surface area contributed by atoms with Gasteiger partial charge in [0.05, 0.1) is 11.9 Å². The second-order valence-electron chi connectivity index (χ2n) is 4.75. The molecule has 19 heavy (non-hydrogen) atoms. The van der Waals surface area contributed by atoms with Gasteiger partial charge >= 0.3 is 12.0 Å². The monoisotopic (exact) mass is 269 g/mol. The van der Waals surface area contributed by atoms with Crippen LogP contribution in [-0.2, 0) is 9.53 Å². The third-order valence-electron chi connectivity index (χ3n) is 1.83. The molecule has 1 heterocycles. The number of nitrogens with zero attached hydrogens (tertiary/aromatic N) is 1. The van der Waals surface area contributed by atoms with Crippen LogP contribution in [0.25, 0.3) is 0 Å². The van der Waals surface area contributed by atoms with Crippen LogP contribution in [0.3, 0.4) is 0 Å². The number of hydrogen-bond donors (Lipinski definition) is 2. The molecule has 1 aromatic rings. The van der Waals surface area contributed by atoms with Gasteiger partial charge in [-0.2, -0.15) is 0 Å². The predicted octanol–water partition coefficient (Wildman–Crippen LogP) is 1.68. The number of carbonyl (C=O) groups is 2. The van der Waals surface area contributed by atoms with Crippen LogP contribution in [0.4, 0.5) is 14.9 Å². The molecule has 0 unspecified atom stereocenters. The molecule has 0 aliphatic rings. The Morgan fingerprint density at radius 2 is 2.11 bits per heavy atom. The zero-order chi connectivity index (χ0) is 14.5. The first-order chi connectivity index (χ1) is 8.78. The van der Waals surface area contributed by atoms with Gasteiger partial charge in [-0.3, -0.25) is 9.78 Å². The number of carbonyl (C=O) groups excluding carboxylic acids is 2. The van der Waals surface area contributed by atoms with E-state index in [0.717, 1.165) is 6.20 Å². The van der Waals surface area contributed by atoms with E-state index in [1.54, 1.807) is 20.8 Å². The first kappa shape index (κ1) is 14.9. The first-order valence-corrected chi connectivity index (χ1v) is 5.64. The molecule has 1 aromatic heterocycles. The summed E-state index contributed by atoms with van der Waals surface area (Å²) in [5.74, 6) is -1.23. The smallest absolute Gasteiger partial charge is 0.325 e. The molecule has 0 bridgehead atoms. The summed E-state index contributed by atoms with van der Waals surface area (Å²) in [6, 6.07) is 0.610. The maximum absolute atomic E-state index is 13.2. The molecule has 0 radical (unpaired) electrons. The molecule has 0 saturated carbocycles. The molecule has 1 rings (SSSR count). The van der Waals surface area contributed by atoms with Crippen LogP contribution in [0, 0.1) is 5.82 Å². The molecule has 7 heteroatoms. The number of esters is 1. The van der Waals surface area contributed by atoms with Gasteiger partial charge in [-0.1, -0.05) is 0 Å². The average molecular weight is 269 g/mol. The summed E-state index contributed by atoms with van der Waals surface area (Å²) in [5.41, 5.74) is -0.636. The Morgan fingerprint density at radius 1 is 1.42 bits per heavy atom. The molecule has 0 spiro atoms. The van der Waals surface area contributed by atoms with Crippen molar-refractivity contribution in [3.8, 4) is 0 Å². The van der Waals surface area contributed by atoms with Gasteiger partial charge in [0.1, 0.15) is 12.1 Å². The van der Waals surface area contributed by atoms with Gasteiger partial charge in [-0.25, -0.2) is 9.18 Å². The summed E-state index contributed by atoms with van der Waals surface area (Å²) in [6.45, 7) is 4.86. The topological polar surface area (TPSA) is 80.3 Å². The number of halogens is 1. The number of ether oxygens (including phenoxy) is 1. The normalized spacial score (nSPS) is 10.7. The highest BCUT2D eigenvalue weighted by Crippen LogP contribution is 2.10. The average Bonchev–Trinajstić information content (AvgIpc) is 2.27. The van der Waals surface area contributed by atoms with E-state index >= 15 is 0 Å². The maximum atomic E-state index is 13.2. The van der Waals surface area contributed by atoms with Crippen molar-refractivity contribution in [2.75, 3.05) is 11.9 Å². The van der Waals surface area contributed by atoms with E-state index in [0.29, 0.717) is 0 Å². The fourth-order valence-electron chi connectivity index (χ4n) is 1.17. The van der Waals surface area contributed by atoms with Gasteiger partial charge in [0, 0.05) is 6.20 Å². The molecule has 0 aliphatic carbocycles. The molecular weight excluding hydrogens is 253 g/mol. The molecule has 0 aliphatic heterocycles. The fraction of sp³-hybridized carbons (Fsp3) is 0.417. The van der Waals surface area contributed by atoms with Gasteiger partial charge in [0.25, 0.3) is 0 Å². The molecule has 2 N–H and O–H groups in total. The molecule has 6 nitrogen and oxygen atoms in total. The molecule has 0 saturated heterocycles. The Hall–Kier alpha value is -2.18. The summed E-state index contributed by atoms with van der Waals surface area (Å²) >= 11 is 0. The third kappa shape index (κ3) is 5.80. The van der Waals surface area contributed by atoms with E-state index in [1.165, 1.54) is 12.3 Å². The molecule has 0 fully saturated rings. The van der Waals surface area contributed by atoms with E-state index < -0.39 is 23.4 Å². The number of urea groups is 1. The maximum Gasteiger partial charge on any atom is 0.325 e. The number of aromatic nitrogens is 1. The van der Waals surface area contributed by atoms with Crippen molar-refractivity contribution in [1.82, 2.24) is 10.3 Å². The van der Waals surface area contributed by atoms with Crippen LogP contribution in [0.2, 0.25) is 0 Å². The van der Waals surface area contributed by atoms with E-state index in [9.17, 15) is 14.0 Å². The predicted molar refractivity (Wildman–Crippen MR) is 67.1 cm³/mol. The van der Waals surface area contributed by atoms with Crippen molar-refractivity contribution in [2.24, 2.45) is 0 Å². The van der Waals surface area contributed by atoms with Crippen LogP contribution in [0.5, 0.6) is 0 Å². The second-order valence-corrected chi connectivity index (χ2v) is 4.75. The first-order valence-electron chi connectivity index (χ1n) is 5.64. The highest BCUT2D eigenvalue weighted by Gasteiger charge is 2.16. The van der Waals surface area contributed by atoms with Crippen LogP contribution < -0.4 is 10.6 Å². The summed E-state index contributed by atoms with van der Waals surface area (Å²) in [4.78, 5) is 26.3. The zero-order valence-electron chi connectivity index (χ0n) is 11.0. The quantitative estimate of drug-likeness (QED) is 0.818. The van der Waals surface area contributed by atoms with E-state index in [2.05, 4.69) is 15.6 Å². The summed E-state index contributed by atoms with van der Waals surface area (Å²) in [5, 5.41) is 4.52. The van der Waals surface area contributed by atoms with Crippen molar-refractivity contribution in [2.45, 2.75) is 26.4 Å². The van der Waals surface area contributed by atoms with Gasteiger partial charge in [-0.05, 0) is 26.8 Å². The van der Waals surface area contributed by atoms with E-state index in [1.807, 2.05) is 0 Å². The third-order valence-corrected chi connectivity index (χ3v) is 1.83. The summed E-state index contributed by atoms with van der Waals surface area (Å²) in [7, 11) is 0. The van der Waals surface area contributed by atoms with E-state index in [4.69, 9.17) is 4.74 Å². The number of pyridine rings is 1. The van der Waals surface area contributed by atoms with Crippen molar-refractivity contribution < 1.29 is 18.7 Å². The lowest BCUT2D eigenvalue weighted by Gasteiger charge is -2.19. The lowest BCUT2D eigenvalue weighted by molar-refractivity contribution is -0.153. The second kappa shape index (κ2) is 6.12. The molecule has 2 amide bonds. The van der Waals surface area contributed by atoms with Crippen molar-refractivity contribution in [1.29, 1.82) is 0 Å². The van der Waals surface area contributed by atoms with Crippen LogP contribution in [0.1, 0.15) is 20.8 Å². The van der Waals surface area contributed by atoms with Gasteiger partial charge < -0.3 is 15.4 Å². The Morgan fingerprint density at radius 3 is 2.68 bits per heavy atom. The van der Waals surface area contributed by atoms with Crippen molar-refractivity contribution in [3.05, 3.63) is 24.3 Å². The number of anilines is 1. The molecular formula is C12H16FN3O3. The standard InChI is InChI=1S/C12H16FN3O3/c1-12(2,3)19-10(17)7-15-11(18)16-9-4-5-14-6-8(9)13/h4-6H,7H2,1-3H3,(H2,14,15,16,18). The number of amides is 2. The Labute approximate surface area is 110 Å². The minimum atomic E-state index is -0.698. The SMILES string of the molecule is CC(C)(C)OC(=O)CNC(=O)Nc1ccncc1F. The largest absolute Gasteiger partial charge is 0.459 e. The highest BCUT2D eigenvalue weighted by atomic mass is 19.1. The molecule has 0 atom stereocenters. The lowest BCUT2D eigenvalue weighted by atomic mass is 10.2. The number of nitrogens with one attached hydrogen (secondary N) is 2. The lowest BCUT2D eigenvalue weighted by Crippen LogP contribution is -2.37. The number of hydrogen-bond acceptors (Lipinski definition) is 4. The van der Waals surface area contributed by atoms with Gasteiger partial charge in [0.15, 0.2) is 5.82 Å². The highest BCUT2D eigenvalue weighted by molar-refractivity contribution is 5.91. The minimum absolute atomic E-state index is 0.0170. The Bertz CT molecular complexity index is 472. The minimum Gasteiger partial charge on any atom is -0.459 e. The molecule has 0 aromatic carbocycles. The Kier molecular flexibility index (Phi) is 4.80. The van der Waals surface area contributed by atoms with Gasteiger partial charge in [0.2, 0.25) is 0 Å². The summed E-state index contributed by atoms with van der Waals surface area (Å²) < 4.78 is 18.2. The zero-order valence-corrected chi connectivity index (χ0v) is 11.0. The van der Waals surface area contributed by atoms with Crippen LogP contribution in [0.15, 0.2) is 18.5 Å². The van der Waals surface area contributed by atoms with Crippen molar-refractivity contribution in [3.63, 3.8) is 0 Å². The summed E-state index contributed by atoms with van der Waals surface area (Å²) in [6.07, 6.45) is 2.32.